The Morgan fingerprint density at radius 3 is 2.52 bits per heavy atom. The molecule has 3 amide bonds. The number of halogens is 1. The third-order valence-electron chi connectivity index (χ3n) is 10.3. The first-order chi connectivity index (χ1) is 25.2. The van der Waals surface area contributed by atoms with E-state index in [-0.39, 0.29) is 43.3 Å². The van der Waals surface area contributed by atoms with Gasteiger partial charge in [-0.25, -0.2) is 0 Å². The van der Waals surface area contributed by atoms with Crippen molar-refractivity contribution in [3.8, 4) is 0 Å². The Balaban J connectivity index is 1.35. The molecule has 1 spiro atoms. The lowest BCUT2D eigenvalue weighted by Gasteiger charge is -2.37. The van der Waals surface area contributed by atoms with Crippen molar-refractivity contribution in [3.63, 3.8) is 0 Å². The van der Waals surface area contributed by atoms with Gasteiger partial charge in [-0.3, -0.25) is 19.2 Å². The summed E-state index contributed by atoms with van der Waals surface area (Å²) in [6, 6.07) is 20.6. The minimum atomic E-state index is -1.38. The third kappa shape index (κ3) is 6.92. The summed E-state index contributed by atoms with van der Waals surface area (Å²) < 4.78 is 18.4. The predicted molar refractivity (Wildman–Crippen MR) is 200 cm³/mol. The highest BCUT2D eigenvalue weighted by Crippen LogP contribution is 2.60. The van der Waals surface area contributed by atoms with Crippen LogP contribution in [0.2, 0.25) is 0 Å². The van der Waals surface area contributed by atoms with E-state index in [1.165, 1.54) is 12.0 Å². The first kappa shape index (κ1) is 37.4. The van der Waals surface area contributed by atoms with Crippen LogP contribution in [0.5, 0.6) is 0 Å². The number of β-amino-alcohol motifs (C(OH)–C–C–N with tert-alkyl or cyclic N) is 1. The van der Waals surface area contributed by atoms with Gasteiger partial charge in [-0.05, 0) is 41.3 Å². The average Bonchev–Trinajstić information content (AvgIpc) is 3.74. The minimum absolute atomic E-state index is 0.0411. The smallest absolute Gasteiger partial charge is 0.313 e. The number of allylic oxidation sites excluding steroid dienone is 1. The second kappa shape index (κ2) is 16.1. The molecule has 0 radical (unpaired) electrons. The van der Waals surface area contributed by atoms with Crippen LogP contribution in [0, 0.1) is 11.8 Å². The zero-order chi connectivity index (χ0) is 37.0. The Kier molecular flexibility index (Phi) is 11.6. The van der Waals surface area contributed by atoms with Gasteiger partial charge < -0.3 is 34.4 Å². The highest BCUT2D eigenvalue weighted by Gasteiger charge is 2.77. The fourth-order valence-electron chi connectivity index (χ4n) is 8.10. The highest BCUT2D eigenvalue weighted by molar-refractivity contribution is 9.09. The van der Waals surface area contributed by atoms with Gasteiger partial charge in [0.15, 0.2) is 0 Å². The van der Waals surface area contributed by atoms with Gasteiger partial charge in [-0.2, -0.15) is 0 Å². The molecule has 11 nitrogen and oxygen atoms in total. The van der Waals surface area contributed by atoms with Crippen molar-refractivity contribution in [2.75, 3.05) is 38.3 Å². The fraction of sp³-hybridized carbons (Fsp3) is 0.400. The number of ether oxygens (including phenoxy) is 3. The van der Waals surface area contributed by atoms with Gasteiger partial charge in [0.2, 0.25) is 11.8 Å². The summed E-state index contributed by atoms with van der Waals surface area (Å²) in [4.78, 5) is 59.2. The van der Waals surface area contributed by atoms with Crippen molar-refractivity contribution < 1.29 is 38.5 Å². The van der Waals surface area contributed by atoms with E-state index in [4.69, 9.17) is 14.2 Å². The van der Waals surface area contributed by atoms with Gasteiger partial charge in [0, 0.05) is 37.1 Å². The molecule has 3 aromatic carbocycles. The van der Waals surface area contributed by atoms with Crippen molar-refractivity contribution in [1.29, 1.82) is 0 Å². The molecule has 2 bridgehead atoms. The van der Waals surface area contributed by atoms with Crippen molar-refractivity contribution in [2.45, 2.75) is 54.0 Å². The Hall–Kier alpha value is -4.36. The van der Waals surface area contributed by atoms with Gasteiger partial charge in [-0.15, -0.1) is 13.2 Å². The van der Waals surface area contributed by atoms with Crippen LogP contribution in [0.4, 0.5) is 5.69 Å². The molecule has 1 unspecified atom stereocenters. The summed E-state index contributed by atoms with van der Waals surface area (Å²) in [6.07, 6.45) is 2.47. The van der Waals surface area contributed by atoms with Gasteiger partial charge in [-0.1, -0.05) is 88.7 Å². The predicted octanol–water partition coefficient (Wildman–Crippen LogP) is 4.48. The van der Waals surface area contributed by atoms with Crippen LogP contribution < -0.4 is 10.2 Å². The number of aliphatic hydroxyl groups excluding tert-OH is 1. The van der Waals surface area contributed by atoms with E-state index in [1.54, 1.807) is 41.3 Å². The molecule has 8 atom stereocenters. The largest absolute Gasteiger partial charge is 0.455 e. The first-order valence-corrected chi connectivity index (χ1v) is 18.4. The van der Waals surface area contributed by atoms with E-state index in [1.807, 2.05) is 48.5 Å². The van der Waals surface area contributed by atoms with Gasteiger partial charge >= 0.3 is 5.97 Å². The molecule has 2 N–H and O–H groups in total. The van der Waals surface area contributed by atoms with E-state index in [0.717, 1.165) is 10.8 Å². The summed E-state index contributed by atoms with van der Waals surface area (Å²) in [5, 5.41) is 15.0. The Labute approximate surface area is 311 Å². The number of hydrogen-bond donors (Lipinski definition) is 2. The second-order valence-corrected chi connectivity index (χ2v) is 14.6. The number of aliphatic hydroxyl groups is 1. The molecule has 3 aliphatic rings. The lowest BCUT2D eigenvalue weighted by Crippen LogP contribution is -2.57. The number of carbonyl (C=O) groups excluding carboxylic acids is 4. The van der Waals surface area contributed by atoms with Crippen molar-refractivity contribution in [1.82, 2.24) is 10.2 Å². The molecule has 6 rings (SSSR count). The number of carbonyl (C=O) groups is 4. The van der Waals surface area contributed by atoms with Gasteiger partial charge in [0.1, 0.15) is 17.7 Å². The average molecular weight is 775 g/mol. The van der Waals surface area contributed by atoms with Crippen molar-refractivity contribution in [3.05, 3.63) is 104 Å². The third-order valence-corrected chi connectivity index (χ3v) is 11.1. The maximum Gasteiger partial charge on any atom is 0.313 e. The van der Waals surface area contributed by atoms with Crippen molar-refractivity contribution >= 4 is 56.1 Å². The number of benzene rings is 3. The minimum Gasteiger partial charge on any atom is -0.455 e. The molecule has 0 aliphatic carbocycles. The Bertz CT molecular complexity index is 1820. The lowest BCUT2D eigenvalue weighted by atomic mass is 9.70. The monoisotopic (exact) mass is 773 g/mol. The Morgan fingerprint density at radius 1 is 1.10 bits per heavy atom. The maximum absolute atomic E-state index is 14.8. The van der Waals surface area contributed by atoms with E-state index in [0.29, 0.717) is 17.7 Å². The second-order valence-electron chi connectivity index (χ2n) is 13.4. The van der Waals surface area contributed by atoms with E-state index < -0.39 is 66.1 Å². The molecule has 3 fully saturated rings. The number of alkyl halides is 1. The number of hydrogen-bond acceptors (Lipinski definition) is 8. The number of anilines is 1. The Morgan fingerprint density at radius 2 is 1.83 bits per heavy atom. The number of esters is 1. The molecule has 52 heavy (non-hydrogen) atoms. The molecular formula is C40H44BrN3O8. The number of rotatable bonds is 16. The normalized spacial score (nSPS) is 25.7. The maximum atomic E-state index is 14.8. The number of fused-ring (bicyclic) bond motifs is 2. The molecule has 3 saturated heterocycles. The molecule has 274 valence electrons. The van der Waals surface area contributed by atoms with Crippen LogP contribution in [-0.4, -0.2) is 95.7 Å². The quantitative estimate of drug-likeness (QED) is 0.124. The van der Waals surface area contributed by atoms with Crippen LogP contribution in [-0.2, 0) is 33.4 Å². The summed E-state index contributed by atoms with van der Waals surface area (Å²) >= 11 is 3.71. The zero-order valence-electron chi connectivity index (χ0n) is 29.1. The number of nitrogens with zero attached hydrogens (tertiary/aromatic N) is 2. The molecule has 12 heteroatoms. The fourth-order valence-corrected chi connectivity index (χ4v) is 9.04. The summed E-state index contributed by atoms with van der Waals surface area (Å²) in [5.41, 5.74) is -0.141. The SMILES string of the molecule is C=CCCC(=O)N[C@H](COC)[C@H](OC(=O)[C@H]1[C@@H]2O[C@@]3(CC2Br)[C@@H]1C(=O)N(CCO)[C@@H]3C(=O)N(CC=C)c1ccc2ccccc2c1)c1ccccc1. The standard InChI is InChI=1S/C40H44BrN3O8/c1-4-6-16-31(46)42-30(24-50-3)34(26-13-8-7-9-14-26)51-39(49)32-33-37(47)44(20-21-45)36(40(33)23-29(41)35(32)52-40)38(48)43(19-5-2)28-18-17-25-12-10-11-15-27(25)22-28/h4-5,7-15,17-18,22,29-30,32-36,45H,1-2,6,16,19-21,23-24H2,3H3,(H,42,46)/t29?,30-,32-,33+,34-,35-,36-,40+/m1/s1. The van der Waals surface area contributed by atoms with Crippen LogP contribution in [0.1, 0.15) is 30.9 Å². The van der Waals surface area contributed by atoms with Gasteiger partial charge in [0.05, 0.1) is 37.2 Å². The molecular weight excluding hydrogens is 730 g/mol. The van der Waals surface area contributed by atoms with E-state index >= 15 is 0 Å². The lowest BCUT2D eigenvalue weighted by molar-refractivity contribution is -0.163. The van der Waals surface area contributed by atoms with E-state index in [9.17, 15) is 24.3 Å². The van der Waals surface area contributed by atoms with Crippen LogP contribution in [0.15, 0.2) is 98.1 Å². The summed E-state index contributed by atoms with van der Waals surface area (Å²) in [7, 11) is 1.49. The number of nitrogens with one attached hydrogen (secondary N) is 1. The molecule has 3 heterocycles. The van der Waals surface area contributed by atoms with Crippen molar-refractivity contribution in [2.24, 2.45) is 11.8 Å². The highest BCUT2D eigenvalue weighted by atomic mass is 79.9. The summed E-state index contributed by atoms with van der Waals surface area (Å²) in [5.74, 6) is -3.96. The first-order valence-electron chi connectivity index (χ1n) is 17.5. The van der Waals surface area contributed by atoms with Gasteiger partial charge in [0.25, 0.3) is 5.91 Å². The summed E-state index contributed by atoms with van der Waals surface area (Å²) in [6.45, 7) is 7.24. The van der Waals surface area contributed by atoms with Crippen LogP contribution >= 0.6 is 15.9 Å². The molecule has 0 aromatic heterocycles. The van der Waals surface area contributed by atoms with E-state index in [2.05, 4.69) is 34.4 Å². The number of amides is 3. The topological polar surface area (TPSA) is 135 Å². The zero-order valence-corrected chi connectivity index (χ0v) is 30.7. The number of likely N-dealkylation sites (tertiary alicyclic amines) is 1. The number of methoxy groups -OCH3 is 1. The van der Waals surface area contributed by atoms with Crippen LogP contribution in [0.25, 0.3) is 10.8 Å². The van der Waals surface area contributed by atoms with Crippen LogP contribution in [0.3, 0.4) is 0 Å². The molecule has 3 aliphatic heterocycles. The molecule has 0 saturated carbocycles. The molecule has 3 aromatic rings.